The van der Waals surface area contributed by atoms with Gasteiger partial charge >= 0.3 is 30.0 Å². The van der Waals surface area contributed by atoms with Gasteiger partial charge in [-0.25, -0.2) is 9.59 Å². The summed E-state index contributed by atoms with van der Waals surface area (Å²) in [5, 5.41) is 51.9. The number of carboxylic acids is 1. The summed E-state index contributed by atoms with van der Waals surface area (Å²) < 4.78 is 28.0. The summed E-state index contributed by atoms with van der Waals surface area (Å²) in [5.74, 6) is -2.86. The molecule has 0 saturated heterocycles. The molecule has 95 heavy (non-hydrogen) atoms. The molecule has 0 aromatic heterocycles. The van der Waals surface area contributed by atoms with Gasteiger partial charge < -0.3 is 54.3 Å². The summed E-state index contributed by atoms with van der Waals surface area (Å²) in [4.78, 5) is 72.5. The molecule has 0 aliphatic heterocycles. The van der Waals surface area contributed by atoms with Crippen molar-refractivity contribution in [2.75, 3.05) is 44.5 Å². The average molecular weight is 1290 g/mol. The van der Waals surface area contributed by atoms with Crippen molar-refractivity contribution in [3.05, 3.63) is 216 Å². The number of aliphatic hydroxyl groups excluding tert-OH is 1. The van der Waals surface area contributed by atoms with Crippen molar-refractivity contribution in [2.24, 2.45) is 16.2 Å². The number of aliphatic carboxylic acids is 1. The number of para-hydroxylation sites is 1. The second kappa shape index (κ2) is 32.2. The van der Waals surface area contributed by atoms with Gasteiger partial charge in [-0.05, 0) is 133 Å². The van der Waals surface area contributed by atoms with Gasteiger partial charge in [-0.1, -0.05) is 118 Å². The maximum Gasteiger partial charge on any atom is 0.407 e. The van der Waals surface area contributed by atoms with E-state index >= 15 is 0 Å². The van der Waals surface area contributed by atoms with Crippen LogP contribution in [0.2, 0.25) is 0 Å². The highest BCUT2D eigenvalue weighted by atomic mass is 16.6. The Hall–Kier alpha value is -10.8. The maximum absolute atomic E-state index is 13.9. The summed E-state index contributed by atoms with van der Waals surface area (Å²) in [6, 6.07) is 50.1. The van der Waals surface area contributed by atoms with E-state index in [0.29, 0.717) is 42.0 Å². The number of ether oxygens (including phenoxy) is 5. The predicted octanol–water partition coefficient (Wildman–Crippen LogP) is 14.8. The third-order valence-corrected chi connectivity index (χ3v) is 16.5. The van der Waals surface area contributed by atoms with E-state index in [4.69, 9.17) is 28.8 Å². The van der Waals surface area contributed by atoms with Crippen LogP contribution in [0.1, 0.15) is 94.1 Å². The largest absolute Gasteiger partial charge is 0.871 e. The van der Waals surface area contributed by atoms with E-state index < -0.39 is 45.8 Å². The SMILES string of the molecule is C=C(C)C(=O)OCCNC(=O)OCCOC(=O)C(C)(C)CC.CCC(C)(C)C(=O)O.CCC(C)(C)C(=O)OCCOc1ccc(N(c2ccc(C3=C([O-])C(=C4C=CC(=[N+](c5ccccc5)c5cccc6ccccc56)C=C4O)C3=O)c(O)c2)c2cccc3ccccc23)cc1. The fraction of sp³-hybridized carbons (Fsp3) is 0.286. The van der Waals surface area contributed by atoms with Gasteiger partial charge in [-0.3, -0.25) is 19.2 Å². The number of rotatable bonds is 23. The van der Waals surface area contributed by atoms with Crippen molar-refractivity contribution in [1.82, 2.24) is 9.89 Å². The molecule has 1 amide bonds. The quantitative estimate of drug-likeness (QED) is 0.0153. The molecule has 0 saturated carbocycles. The first-order valence-electron chi connectivity index (χ1n) is 31.4. The number of anilines is 3. The lowest BCUT2D eigenvalue weighted by Crippen LogP contribution is -2.31. The van der Waals surface area contributed by atoms with Gasteiger partial charge in [0.2, 0.25) is 17.1 Å². The van der Waals surface area contributed by atoms with Crippen LogP contribution in [0.4, 0.5) is 33.2 Å². The number of esters is 3. The third-order valence-electron chi connectivity index (χ3n) is 16.5. The van der Waals surface area contributed by atoms with Crippen molar-refractivity contribution in [2.45, 2.75) is 88.5 Å². The van der Waals surface area contributed by atoms with E-state index in [-0.39, 0.29) is 85.3 Å². The Morgan fingerprint density at radius 2 is 1.15 bits per heavy atom. The first-order chi connectivity index (χ1) is 45.2. The second-order valence-electron chi connectivity index (χ2n) is 24.4. The zero-order valence-electron chi connectivity index (χ0n) is 55.4. The minimum atomic E-state index is -0.722. The fourth-order valence-corrected chi connectivity index (χ4v) is 9.42. The molecule has 0 bridgehead atoms. The Morgan fingerprint density at radius 1 is 0.600 bits per heavy atom. The number of carbonyl (C=O) groups excluding carboxylic acids is 5. The summed E-state index contributed by atoms with van der Waals surface area (Å²) >= 11 is 0. The van der Waals surface area contributed by atoms with Crippen molar-refractivity contribution in [3.63, 3.8) is 0 Å². The molecule has 496 valence electrons. The number of ketones is 1. The lowest BCUT2D eigenvalue weighted by Gasteiger charge is -2.33. The molecule has 18 nitrogen and oxygen atoms in total. The fourth-order valence-electron chi connectivity index (χ4n) is 9.42. The smallest absolute Gasteiger partial charge is 0.407 e. The zero-order chi connectivity index (χ0) is 69.2. The van der Waals surface area contributed by atoms with Crippen LogP contribution < -0.4 is 24.6 Å². The monoisotopic (exact) mass is 1290 g/mol. The number of Topliss-reactive ketones (excluding diaryl/α,β-unsaturated/α-hetero) is 1. The highest BCUT2D eigenvalue weighted by Gasteiger charge is 2.35. The predicted molar refractivity (Wildman–Crippen MR) is 368 cm³/mol. The van der Waals surface area contributed by atoms with E-state index in [1.165, 1.54) is 13.0 Å². The minimum absolute atomic E-state index is 0.000325. The number of nitrogens with zero attached hydrogens (tertiary/aromatic N) is 2. The number of fused-ring (bicyclic) bond motifs is 2. The van der Waals surface area contributed by atoms with Crippen LogP contribution in [0, 0.1) is 16.2 Å². The number of benzene rings is 7. The highest BCUT2D eigenvalue weighted by Crippen LogP contribution is 2.46. The number of hydrogen-bond acceptors (Lipinski definition) is 15. The minimum Gasteiger partial charge on any atom is -0.871 e. The van der Waals surface area contributed by atoms with Gasteiger partial charge in [0.25, 0.3) is 0 Å². The van der Waals surface area contributed by atoms with Gasteiger partial charge in [0, 0.05) is 75.0 Å². The maximum atomic E-state index is 13.9. The van der Waals surface area contributed by atoms with Crippen LogP contribution in [0.15, 0.2) is 211 Å². The van der Waals surface area contributed by atoms with Crippen LogP contribution in [-0.4, -0.2) is 96.4 Å². The van der Waals surface area contributed by atoms with Gasteiger partial charge in [0.1, 0.15) is 50.3 Å². The second-order valence-corrected chi connectivity index (χ2v) is 24.4. The summed E-state index contributed by atoms with van der Waals surface area (Å²) in [7, 11) is 0. The highest BCUT2D eigenvalue weighted by molar-refractivity contribution is 6.40. The Labute approximate surface area is 554 Å². The molecule has 0 unspecified atom stereocenters. The third kappa shape index (κ3) is 17.9. The van der Waals surface area contributed by atoms with Crippen LogP contribution in [0.3, 0.4) is 0 Å². The van der Waals surface area contributed by atoms with Crippen LogP contribution in [-0.2, 0) is 42.9 Å². The molecule has 18 heteroatoms. The van der Waals surface area contributed by atoms with Crippen LogP contribution in [0.5, 0.6) is 11.5 Å². The van der Waals surface area contributed by atoms with E-state index in [2.05, 4.69) is 11.9 Å². The molecule has 0 heterocycles. The van der Waals surface area contributed by atoms with E-state index in [1.807, 2.05) is 184 Å². The standard InChI is InChI=1S/C56H46N2O7.C15H25NO6.C6H12O2/c1-4-56(2,3)55(63)65-33-32-64-42-28-24-39(25-29-42)58(48-23-13-17-37-15-9-11-21-44(37)48)41-27-31-46(50(60)35-41)52-53(61)51(54(52)62)45-30-26-40(34-49(45)59)57(38-18-6-5-7-19-38)47-22-12-16-36-14-8-10-20-43(36)47;1-6-15(4,5)13(18)21-9-10-22-14(19)16-7-8-20-12(17)11(2)3;1-4-6(2,3)5(7)8/h5-31,34-35H,4,32-33H2,1-3H3,(H2,59,60,61,62);2,6-10H2,1,3-5H3,(H,16,19);4H2,1-3H3,(H,7,8). The molecule has 7 aromatic carbocycles. The van der Waals surface area contributed by atoms with Crippen molar-refractivity contribution in [3.8, 4) is 11.5 Å². The first kappa shape index (κ1) is 71.7. The zero-order valence-corrected chi connectivity index (χ0v) is 55.4. The number of aliphatic hydroxyl groups is 1. The molecule has 0 spiro atoms. The van der Waals surface area contributed by atoms with Crippen LogP contribution >= 0.6 is 0 Å². The normalized spacial score (nSPS) is 14.2. The molecule has 2 aliphatic rings. The topological polar surface area (TPSA) is 251 Å². The molecule has 0 atom stereocenters. The number of alkyl carbamates (subject to hydrolysis) is 1. The lowest BCUT2D eigenvalue weighted by atomic mass is 9.79. The number of hydrogen-bond donors (Lipinski definition) is 4. The molecule has 0 radical (unpaired) electrons. The summed E-state index contributed by atoms with van der Waals surface area (Å²) in [6.07, 6.45) is 6.29. The van der Waals surface area contributed by atoms with E-state index in [0.717, 1.165) is 44.3 Å². The number of allylic oxidation sites excluding steroid dienone is 5. The first-order valence-corrected chi connectivity index (χ1v) is 31.4. The number of amides is 1. The van der Waals surface area contributed by atoms with Gasteiger partial charge in [0.05, 0.1) is 39.9 Å². The molecule has 2 aliphatic carbocycles. The number of aromatic hydroxyl groups is 1. The van der Waals surface area contributed by atoms with Crippen molar-refractivity contribution >= 4 is 97.0 Å². The number of nitrogens with one attached hydrogen (secondary N) is 1. The Kier molecular flexibility index (Phi) is 24.3. The van der Waals surface area contributed by atoms with Gasteiger partial charge in [-0.2, -0.15) is 4.58 Å². The van der Waals surface area contributed by atoms with Gasteiger partial charge in [0.15, 0.2) is 5.78 Å². The number of carbonyl (C=O) groups is 6. The Balaban J connectivity index is 0.000000354. The van der Waals surface area contributed by atoms with Crippen LogP contribution in [0.25, 0.3) is 27.1 Å². The molecular weight excluding hydrogens is 1210 g/mol. The molecule has 7 aromatic rings. The number of phenolic OH excluding ortho intramolecular Hbond substituents is 1. The molecular formula is C77H83N3O15. The Morgan fingerprint density at radius 3 is 1.72 bits per heavy atom. The summed E-state index contributed by atoms with van der Waals surface area (Å²) in [6.45, 7) is 21.8. The number of phenols is 1. The Bertz CT molecular complexity index is 4140. The van der Waals surface area contributed by atoms with E-state index in [1.54, 1.807) is 58.1 Å². The lowest BCUT2D eigenvalue weighted by molar-refractivity contribution is -0.297. The molecule has 0 fully saturated rings. The average Bonchev–Trinajstić information content (AvgIpc) is 0.742. The summed E-state index contributed by atoms with van der Waals surface area (Å²) in [5.41, 5.74) is 3.11. The van der Waals surface area contributed by atoms with Crippen molar-refractivity contribution in [1.29, 1.82) is 0 Å². The molecule has 9 rings (SSSR count). The molecule has 4 N–H and O–H groups in total. The van der Waals surface area contributed by atoms with E-state index in [9.17, 15) is 44.1 Å². The van der Waals surface area contributed by atoms with Gasteiger partial charge in [-0.15, -0.1) is 0 Å². The number of carboxylic acid groups (broad SMARTS) is 1. The van der Waals surface area contributed by atoms with Crippen molar-refractivity contribution < 1.29 is 72.9 Å².